The number of aromatic nitrogens is 2. The van der Waals surface area contributed by atoms with Gasteiger partial charge in [0.1, 0.15) is 29.0 Å². The van der Waals surface area contributed by atoms with Gasteiger partial charge in [-0.3, -0.25) is 15.2 Å². The molecule has 2 unspecified atom stereocenters. The van der Waals surface area contributed by atoms with Crippen LogP contribution in [0.3, 0.4) is 0 Å². The summed E-state index contributed by atoms with van der Waals surface area (Å²) in [5, 5.41) is 20.3. The van der Waals surface area contributed by atoms with Gasteiger partial charge in [-0.05, 0) is 44.7 Å². The van der Waals surface area contributed by atoms with E-state index >= 15 is 0 Å². The van der Waals surface area contributed by atoms with Crippen LogP contribution in [0.5, 0.6) is 0 Å². The Morgan fingerprint density at radius 3 is 2.54 bits per heavy atom. The molecule has 0 radical (unpaired) electrons. The number of hydrogen-bond acceptors (Lipinski definition) is 7. The maximum Gasteiger partial charge on any atom is 0.184 e. The van der Waals surface area contributed by atoms with Gasteiger partial charge >= 0.3 is 0 Å². The van der Waals surface area contributed by atoms with Crippen LogP contribution < -0.4 is 11.1 Å². The monoisotopic (exact) mass is 506 g/mol. The van der Waals surface area contributed by atoms with E-state index in [1.807, 2.05) is 30.4 Å². The van der Waals surface area contributed by atoms with Crippen molar-refractivity contribution in [1.29, 1.82) is 10.7 Å². The molecule has 1 fully saturated rings. The fraction of sp³-hybridized carbons (Fsp3) is 0.444. The minimum absolute atomic E-state index is 0.0143. The zero-order chi connectivity index (χ0) is 26.7. The number of rotatable bonds is 10. The van der Waals surface area contributed by atoms with E-state index in [1.54, 1.807) is 6.08 Å². The highest BCUT2D eigenvalue weighted by Gasteiger charge is 2.33. The van der Waals surface area contributed by atoms with Gasteiger partial charge in [0.05, 0.1) is 31.1 Å². The second kappa shape index (κ2) is 11.2. The van der Waals surface area contributed by atoms with E-state index in [2.05, 4.69) is 47.1 Å². The first-order valence-corrected chi connectivity index (χ1v) is 12.5. The highest BCUT2D eigenvalue weighted by Crippen LogP contribution is 2.34. The molecule has 1 aromatic heterocycles. The van der Waals surface area contributed by atoms with Crippen LogP contribution in [0.15, 0.2) is 48.6 Å². The standard InChI is InChI=1S/C27H35FN8O/c1-5-37-18(3)32-27-24(25(30)31)33-26(23-10-22(28)16-34(4)17(23)2)36(27)15-20-8-6-19(7-9-20)12-35-13-21(11-29)14-35/h6-10,17,21,23,32H,3,5,12-16H2,1-2,4H3,(H3,30,31). The van der Waals surface area contributed by atoms with E-state index in [1.165, 1.54) is 5.56 Å². The molecule has 2 aromatic rings. The van der Waals surface area contributed by atoms with Crippen LogP contribution in [0.25, 0.3) is 0 Å². The molecule has 37 heavy (non-hydrogen) atoms. The van der Waals surface area contributed by atoms with Crippen molar-refractivity contribution in [2.45, 2.75) is 38.9 Å². The number of nitriles is 1. The number of hydrogen-bond donors (Lipinski definition) is 3. The Balaban J connectivity index is 1.68. The molecule has 0 saturated carbocycles. The molecule has 2 aliphatic rings. The van der Waals surface area contributed by atoms with E-state index in [9.17, 15) is 4.39 Å². The summed E-state index contributed by atoms with van der Waals surface area (Å²) in [5.41, 5.74) is 8.39. The molecule has 4 N–H and O–H groups in total. The van der Waals surface area contributed by atoms with Crippen LogP contribution >= 0.6 is 0 Å². The van der Waals surface area contributed by atoms with Gasteiger partial charge in [0.25, 0.3) is 0 Å². The molecule has 3 heterocycles. The molecular weight excluding hydrogens is 471 g/mol. The third-order valence-electron chi connectivity index (χ3n) is 7.01. The number of nitrogens with zero attached hydrogens (tertiary/aromatic N) is 5. The van der Waals surface area contributed by atoms with Crippen molar-refractivity contribution in [3.05, 3.63) is 71.3 Å². The van der Waals surface area contributed by atoms with Crippen molar-refractivity contribution < 1.29 is 9.13 Å². The Morgan fingerprint density at radius 2 is 1.95 bits per heavy atom. The zero-order valence-corrected chi connectivity index (χ0v) is 21.7. The van der Waals surface area contributed by atoms with Crippen LogP contribution in [-0.4, -0.2) is 64.5 Å². The molecule has 2 aliphatic heterocycles. The van der Waals surface area contributed by atoms with E-state index in [0.717, 1.165) is 25.2 Å². The molecule has 4 rings (SSSR count). The number of benzene rings is 1. The van der Waals surface area contributed by atoms with E-state index < -0.39 is 0 Å². The van der Waals surface area contributed by atoms with Crippen molar-refractivity contribution >= 4 is 11.7 Å². The summed E-state index contributed by atoms with van der Waals surface area (Å²) in [6.45, 7) is 11.3. The molecule has 2 atom stereocenters. The minimum atomic E-state index is -0.341. The van der Waals surface area contributed by atoms with Crippen LogP contribution in [0, 0.1) is 22.7 Å². The van der Waals surface area contributed by atoms with Crippen molar-refractivity contribution in [3.63, 3.8) is 0 Å². The third kappa shape index (κ3) is 5.84. The minimum Gasteiger partial charge on any atom is -0.480 e. The SMILES string of the molecule is C=C(Nc1c(C(=N)N)nc(C2C=C(F)CN(C)C2C)n1Cc1ccc(CN2CC(C#N)C2)cc1)OCC. The number of halogens is 1. The molecule has 9 nitrogen and oxygen atoms in total. The molecular formula is C27H35FN8O. The fourth-order valence-electron chi connectivity index (χ4n) is 4.85. The Kier molecular flexibility index (Phi) is 7.95. The van der Waals surface area contributed by atoms with Crippen LogP contribution in [0.1, 0.15) is 42.4 Å². The lowest BCUT2D eigenvalue weighted by Crippen LogP contribution is -2.45. The van der Waals surface area contributed by atoms with Crippen molar-refractivity contribution in [2.75, 3.05) is 38.6 Å². The van der Waals surface area contributed by atoms with Crippen molar-refractivity contribution in [2.24, 2.45) is 11.7 Å². The molecule has 0 amide bonds. The topological polar surface area (TPSA) is 119 Å². The van der Waals surface area contributed by atoms with Crippen molar-refractivity contribution in [3.8, 4) is 6.07 Å². The number of imidazole rings is 1. The molecule has 0 bridgehead atoms. The first kappa shape index (κ1) is 26.4. The normalized spacial score (nSPS) is 20.6. The number of amidine groups is 1. The number of likely N-dealkylation sites (N-methyl/N-ethyl adjacent to an activating group) is 1. The highest BCUT2D eigenvalue weighted by molar-refractivity contribution is 5.98. The summed E-state index contributed by atoms with van der Waals surface area (Å²) in [6, 6.07) is 10.6. The quantitative estimate of drug-likeness (QED) is 0.257. The molecule has 1 saturated heterocycles. The first-order valence-electron chi connectivity index (χ1n) is 12.5. The van der Waals surface area contributed by atoms with Gasteiger partial charge in [-0.1, -0.05) is 24.3 Å². The molecule has 196 valence electrons. The largest absolute Gasteiger partial charge is 0.480 e. The van der Waals surface area contributed by atoms with E-state index in [0.29, 0.717) is 30.7 Å². The summed E-state index contributed by atoms with van der Waals surface area (Å²) in [4.78, 5) is 8.93. The van der Waals surface area contributed by atoms with Crippen LogP contribution in [-0.2, 0) is 17.8 Å². The summed E-state index contributed by atoms with van der Waals surface area (Å²) >= 11 is 0. The molecule has 10 heteroatoms. The zero-order valence-electron chi connectivity index (χ0n) is 21.7. The van der Waals surface area contributed by atoms with Gasteiger partial charge < -0.3 is 20.4 Å². The Hall–Kier alpha value is -3.68. The first-order chi connectivity index (χ1) is 17.7. The molecule has 1 aromatic carbocycles. The Morgan fingerprint density at radius 1 is 1.30 bits per heavy atom. The lowest BCUT2D eigenvalue weighted by molar-refractivity contribution is 0.127. The van der Waals surface area contributed by atoms with Gasteiger partial charge in [-0.2, -0.15) is 5.26 Å². The Labute approximate surface area is 217 Å². The number of ether oxygens (including phenoxy) is 1. The number of nitrogens with one attached hydrogen (secondary N) is 2. The predicted molar refractivity (Wildman–Crippen MR) is 142 cm³/mol. The number of nitrogen functional groups attached to an aromatic ring is 1. The van der Waals surface area contributed by atoms with Gasteiger partial charge in [0, 0.05) is 32.2 Å². The summed E-state index contributed by atoms with van der Waals surface area (Å²) in [5.74, 6) is 0.786. The van der Waals surface area contributed by atoms with E-state index in [-0.39, 0.29) is 41.8 Å². The van der Waals surface area contributed by atoms with Crippen LogP contribution in [0.2, 0.25) is 0 Å². The summed E-state index contributed by atoms with van der Waals surface area (Å²) < 4.78 is 22.0. The number of nitrogens with two attached hydrogens (primary N) is 1. The smallest absolute Gasteiger partial charge is 0.184 e. The molecule has 0 aliphatic carbocycles. The average Bonchev–Trinajstić information content (AvgIpc) is 3.17. The van der Waals surface area contributed by atoms with E-state index in [4.69, 9.17) is 26.1 Å². The maximum atomic E-state index is 14.6. The fourth-order valence-corrected chi connectivity index (χ4v) is 4.85. The lowest BCUT2D eigenvalue weighted by atomic mass is 9.94. The summed E-state index contributed by atoms with van der Waals surface area (Å²) in [7, 11) is 1.88. The summed E-state index contributed by atoms with van der Waals surface area (Å²) in [6.07, 6.45) is 1.61. The van der Waals surface area contributed by atoms with Crippen molar-refractivity contribution in [1.82, 2.24) is 19.4 Å². The van der Waals surface area contributed by atoms with Gasteiger partial charge in [0.2, 0.25) is 0 Å². The van der Waals surface area contributed by atoms with Crippen LogP contribution in [0.4, 0.5) is 10.2 Å². The molecule has 0 spiro atoms. The predicted octanol–water partition coefficient (Wildman–Crippen LogP) is 3.36. The van der Waals surface area contributed by atoms with Gasteiger partial charge in [-0.15, -0.1) is 0 Å². The van der Waals surface area contributed by atoms with Gasteiger partial charge in [-0.25, -0.2) is 9.37 Å². The average molecular weight is 507 g/mol. The number of likely N-dealkylation sites (tertiary alicyclic amines) is 1. The lowest BCUT2D eigenvalue weighted by Gasteiger charge is -2.35. The second-order valence-electron chi connectivity index (χ2n) is 9.78. The third-order valence-corrected chi connectivity index (χ3v) is 7.01. The van der Waals surface area contributed by atoms with Gasteiger partial charge in [0.15, 0.2) is 5.88 Å². The Bertz CT molecular complexity index is 1220. The second-order valence-corrected chi connectivity index (χ2v) is 9.78. The number of anilines is 1. The highest BCUT2D eigenvalue weighted by atomic mass is 19.1. The maximum absolute atomic E-state index is 14.6.